The summed E-state index contributed by atoms with van der Waals surface area (Å²) in [7, 11) is 0. The van der Waals surface area contributed by atoms with Crippen LogP contribution in [0, 0.1) is 5.41 Å². The Balaban J connectivity index is 2.83. The van der Waals surface area contributed by atoms with Crippen molar-refractivity contribution in [3.05, 3.63) is 12.2 Å². The molecule has 0 bridgehead atoms. The van der Waals surface area contributed by atoms with Gasteiger partial charge in [-0.3, -0.25) is 14.4 Å². The molecule has 0 aliphatic heterocycles. The van der Waals surface area contributed by atoms with Crippen LogP contribution >= 0.6 is 0 Å². The van der Waals surface area contributed by atoms with E-state index in [9.17, 15) is 14.4 Å². The molecule has 1 atom stereocenters. The number of ether oxygens (including phenoxy) is 1. The molecule has 0 unspecified atom stereocenters. The first-order valence-electron chi connectivity index (χ1n) is 7.08. The van der Waals surface area contributed by atoms with Crippen molar-refractivity contribution in [3.8, 4) is 0 Å². The molecule has 112 valence electrons. The van der Waals surface area contributed by atoms with E-state index in [0.29, 0.717) is 25.7 Å². The van der Waals surface area contributed by atoms with Crippen molar-refractivity contribution >= 4 is 17.5 Å². The molecule has 0 N–H and O–H groups in total. The van der Waals surface area contributed by atoms with E-state index >= 15 is 0 Å². The van der Waals surface area contributed by atoms with Gasteiger partial charge in [0.05, 0.1) is 0 Å². The predicted molar refractivity (Wildman–Crippen MR) is 76.2 cm³/mol. The lowest BCUT2D eigenvalue weighted by atomic mass is 9.81. The molecule has 20 heavy (non-hydrogen) atoms. The lowest BCUT2D eigenvalue weighted by Crippen LogP contribution is -2.40. The number of allylic oxidation sites excluding steroid dienone is 2. The second-order valence-corrected chi connectivity index (χ2v) is 6.44. The normalized spacial score (nSPS) is 23.3. The van der Waals surface area contributed by atoms with Crippen LogP contribution in [0.2, 0.25) is 0 Å². The van der Waals surface area contributed by atoms with E-state index in [1.165, 1.54) is 6.92 Å². The van der Waals surface area contributed by atoms with Crippen molar-refractivity contribution < 1.29 is 19.1 Å². The van der Waals surface area contributed by atoms with E-state index < -0.39 is 17.0 Å². The highest BCUT2D eigenvalue weighted by Crippen LogP contribution is 2.40. The number of carbonyl (C=O) groups is 3. The Kier molecular flexibility index (Phi) is 5.26. The van der Waals surface area contributed by atoms with Gasteiger partial charge in [0.25, 0.3) is 0 Å². The van der Waals surface area contributed by atoms with E-state index in [-0.39, 0.29) is 11.6 Å². The maximum atomic E-state index is 12.4. The molecule has 0 saturated heterocycles. The van der Waals surface area contributed by atoms with Crippen molar-refractivity contribution in [2.24, 2.45) is 5.41 Å². The summed E-state index contributed by atoms with van der Waals surface area (Å²) in [4.78, 5) is 35.4. The zero-order valence-corrected chi connectivity index (χ0v) is 12.8. The molecule has 1 aliphatic rings. The van der Waals surface area contributed by atoms with Crippen molar-refractivity contribution in [3.63, 3.8) is 0 Å². The van der Waals surface area contributed by atoms with Crippen molar-refractivity contribution in [1.82, 2.24) is 0 Å². The first kappa shape index (κ1) is 16.6. The van der Waals surface area contributed by atoms with Crippen molar-refractivity contribution in [2.75, 3.05) is 0 Å². The fraction of sp³-hybridized carbons (Fsp3) is 0.688. The number of carbonyl (C=O) groups excluding carboxylic acids is 3. The zero-order chi connectivity index (χ0) is 15.4. The van der Waals surface area contributed by atoms with Crippen molar-refractivity contribution in [2.45, 2.75) is 65.4 Å². The Morgan fingerprint density at radius 3 is 2.40 bits per heavy atom. The van der Waals surface area contributed by atoms with Gasteiger partial charge >= 0.3 is 5.97 Å². The quantitative estimate of drug-likeness (QED) is 0.441. The van der Waals surface area contributed by atoms with Crippen LogP contribution in [0.25, 0.3) is 0 Å². The second kappa shape index (κ2) is 6.33. The SMILES string of the molecule is CC(=O)C/C=C\C[C@@]1(C(=O)OC(C)(C)C)CCCC1=O. The molecular weight excluding hydrogens is 256 g/mol. The molecule has 4 nitrogen and oxygen atoms in total. The minimum Gasteiger partial charge on any atom is -0.459 e. The number of esters is 1. The van der Waals surface area contributed by atoms with Gasteiger partial charge in [-0.2, -0.15) is 0 Å². The minimum absolute atomic E-state index is 0.0424. The van der Waals surface area contributed by atoms with Gasteiger partial charge in [-0.05, 0) is 47.0 Å². The first-order chi connectivity index (χ1) is 9.17. The van der Waals surface area contributed by atoms with Gasteiger partial charge in [-0.25, -0.2) is 0 Å². The molecule has 1 aliphatic carbocycles. The fourth-order valence-electron chi connectivity index (χ4n) is 2.35. The third kappa shape index (κ3) is 4.29. The second-order valence-electron chi connectivity index (χ2n) is 6.44. The molecule has 0 aromatic carbocycles. The summed E-state index contributed by atoms with van der Waals surface area (Å²) in [6.07, 6.45) is 5.82. The van der Waals surface area contributed by atoms with Crippen LogP contribution in [0.15, 0.2) is 12.2 Å². The van der Waals surface area contributed by atoms with Gasteiger partial charge in [0.2, 0.25) is 0 Å². The Labute approximate surface area is 120 Å². The zero-order valence-electron chi connectivity index (χ0n) is 12.8. The monoisotopic (exact) mass is 280 g/mol. The van der Waals surface area contributed by atoms with Crippen LogP contribution in [-0.2, 0) is 19.1 Å². The van der Waals surface area contributed by atoms with Crippen LogP contribution < -0.4 is 0 Å². The Bertz CT molecular complexity index is 428. The van der Waals surface area contributed by atoms with Crippen molar-refractivity contribution in [1.29, 1.82) is 0 Å². The molecule has 0 heterocycles. The third-order valence-corrected chi connectivity index (χ3v) is 3.37. The first-order valence-corrected chi connectivity index (χ1v) is 7.08. The van der Waals surface area contributed by atoms with Crippen LogP contribution in [0.5, 0.6) is 0 Å². The van der Waals surface area contributed by atoms with Gasteiger partial charge < -0.3 is 4.74 Å². The highest BCUT2D eigenvalue weighted by atomic mass is 16.6. The van der Waals surface area contributed by atoms with E-state index in [2.05, 4.69) is 0 Å². The Morgan fingerprint density at radius 1 is 1.30 bits per heavy atom. The van der Waals surface area contributed by atoms with Gasteiger partial charge in [0.1, 0.15) is 16.8 Å². The van der Waals surface area contributed by atoms with Gasteiger partial charge in [-0.1, -0.05) is 12.2 Å². The molecule has 0 aromatic rings. The number of hydrogen-bond donors (Lipinski definition) is 0. The van der Waals surface area contributed by atoms with Crippen LogP contribution in [0.1, 0.15) is 59.8 Å². The molecule has 1 rings (SSSR count). The van der Waals surface area contributed by atoms with E-state index in [0.717, 1.165) is 6.42 Å². The summed E-state index contributed by atoms with van der Waals surface area (Å²) in [6.45, 7) is 6.89. The maximum absolute atomic E-state index is 12.4. The number of Topliss-reactive ketones (excluding diaryl/α,β-unsaturated/α-hetero) is 2. The van der Waals surface area contributed by atoms with Crippen LogP contribution in [0.4, 0.5) is 0 Å². The smallest absolute Gasteiger partial charge is 0.320 e. The Morgan fingerprint density at radius 2 is 1.95 bits per heavy atom. The summed E-state index contributed by atoms with van der Waals surface area (Å²) in [5, 5.41) is 0. The average molecular weight is 280 g/mol. The summed E-state index contributed by atoms with van der Waals surface area (Å²) in [5.41, 5.74) is -1.64. The molecule has 4 heteroatoms. The van der Waals surface area contributed by atoms with Gasteiger partial charge in [0.15, 0.2) is 5.78 Å². The predicted octanol–water partition coefficient (Wildman–Crippen LogP) is 2.99. The largest absolute Gasteiger partial charge is 0.459 e. The Hall–Kier alpha value is -1.45. The van der Waals surface area contributed by atoms with Crippen LogP contribution in [-0.4, -0.2) is 23.1 Å². The molecule has 1 saturated carbocycles. The maximum Gasteiger partial charge on any atom is 0.320 e. The fourth-order valence-corrected chi connectivity index (χ4v) is 2.35. The molecular formula is C16H24O4. The lowest BCUT2D eigenvalue weighted by molar-refractivity contribution is -0.169. The van der Waals surface area contributed by atoms with Gasteiger partial charge in [-0.15, -0.1) is 0 Å². The number of rotatable bonds is 5. The molecule has 0 radical (unpaired) electrons. The molecule has 0 spiro atoms. The van der Waals surface area contributed by atoms with Crippen LogP contribution in [0.3, 0.4) is 0 Å². The summed E-state index contributed by atoms with van der Waals surface area (Å²) in [6, 6.07) is 0. The van der Waals surface area contributed by atoms with E-state index in [1.807, 2.05) is 0 Å². The average Bonchev–Trinajstić information content (AvgIpc) is 2.65. The third-order valence-electron chi connectivity index (χ3n) is 3.37. The lowest BCUT2D eigenvalue weighted by Gasteiger charge is -2.29. The van der Waals surface area contributed by atoms with E-state index in [4.69, 9.17) is 4.74 Å². The minimum atomic E-state index is -1.04. The number of ketones is 2. The summed E-state index contributed by atoms with van der Waals surface area (Å²) < 4.78 is 5.41. The topological polar surface area (TPSA) is 60.4 Å². The molecule has 0 amide bonds. The summed E-state index contributed by atoms with van der Waals surface area (Å²) in [5.74, 6) is -0.412. The summed E-state index contributed by atoms with van der Waals surface area (Å²) >= 11 is 0. The highest BCUT2D eigenvalue weighted by Gasteiger charge is 2.49. The van der Waals surface area contributed by atoms with Gasteiger partial charge in [0, 0.05) is 12.8 Å². The molecule has 0 aromatic heterocycles. The number of hydrogen-bond acceptors (Lipinski definition) is 4. The highest BCUT2D eigenvalue weighted by molar-refractivity contribution is 6.05. The van der Waals surface area contributed by atoms with E-state index in [1.54, 1.807) is 32.9 Å². The molecule has 1 fully saturated rings. The standard InChI is InChI=1S/C16H24O4/c1-12(17)8-5-6-10-16(11-7-9-13(16)18)14(19)20-15(2,3)4/h5-6H,7-11H2,1-4H3/b6-5-/t16-/m1/s1.